The lowest BCUT2D eigenvalue weighted by Crippen LogP contribution is -2.04. The number of unbranched alkanes of at least 4 members (excludes halogenated alkanes) is 1. The molecule has 0 bridgehead atoms. The first-order chi connectivity index (χ1) is 8.76. The second-order valence-corrected chi connectivity index (χ2v) is 5.35. The fourth-order valence-corrected chi connectivity index (χ4v) is 2.21. The summed E-state index contributed by atoms with van der Waals surface area (Å²) in [6, 6.07) is 8.51. The number of aryl methyl sites for hydroxylation is 1. The van der Waals surface area contributed by atoms with E-state index in [0.717, 1.165) is 31.1 Å². The second kappa shape index (κ2) is 9.27. The van der Waals surface area contributed by atoms with Crippen LogP contribution in [0.4, 0.5) is 0 Å². The van der Waals surface area contributed by atoms with Gasteiger partial charge in [-0.05, 0) is 49.3 Å². The summed E-state index contributed by atoms with van der Waals surface area (Å²) in [5.74, 6) is 2.37. The maximum Gasteiger partial charge on any atom is 0.119 e. The van der Waals surface area contributed by atoms with E-state index in [1.807, 2.05) is 0 Å². The molecule has 18 heavy (non-hydrogen) atoms. The van der Waals surface area contributed by atoms with Crippen LogP contribution in [-0.4, -0.2) is 12.5 Å². The highest BCUT2D eigenvalue weighted by Crippen LogP contribution is 2.15. The molecule has 1 nitrogen and oxygen atoms in total. The van der Waals surface area contributed by atoms with Gasteiger partial charge in [0.2, 0.25) is 0 Å². The Bertz CT molecular complexity index is 307. The number of ether oxygens (including phenoxy) is 1. The Hall–Kier alpha value is -0.690. The van der Waals surface area contributed by atoms with Gasteiger partial charge in [-0.15, -0.1) is 11.6 Å². The van der Waals surface area contributed by atoms with E-state index in [1.54, 1.807) is 0 Å². The number of hydrogen-bond donors (Lipinski definition) is 0. The van der Waals surface area contributed by atoms with E-state index >= 15 is 0 Å². The number of hydrogen-bond acceptors (Lipinski definition) is 1. The fourth-order valence-electron chi connectivity index (χ4n) is 1.84. The highest BCUT2D eigenvalue weighted by Gasteiger charge is 2.02. The van der Waals surface area contributed by atoms with Gasteiger partial charge in [0.25, 0.3) is 0 Å². The molecule has 0 saturated carbocycles. The smallest absolute Gasteiger partial charge is 0.119 e. The second-order valence-electron chi connectivity index (χ2n) is 4.97. The van der Waals surface area contributed by atoms with E-state index in [4.69, 9.17) is 16.3 Å². The first-order valence-corrected chi connectivity index (χ1v) is 7.57. The lowest BCUT2D eigenvalue weighted by Gasteiger charge is -2.11. The van der Waals surface area contributed by atoms with Crippen LogP contribution in [0.15, 0.2) is 24.3 Å². The van der Waals surface area contributed by atoms with Crippen molar-refractivity contribution < 1.29 is 4.74 Å². The van der Waals surface area contributed by atoms with Crippen molar-refractivity contribution in [1.82, 2.24) is 0 Å². The predicted molar refractivity (Wildman–Crippen MR) is 79.7 cm³/mol. The fraction of sp³-hybridized carbons (Fsp3) is 0.625. The van der Waals surface area contributed by atoms with Gasteiger partial charge in [0.1, 0.15) is 5.75 Å². The Kier molecular flexibility index (Phi) is 7.91. The molecule has 0 fully saturated rings. The van der Waals surface area contributed by atoms with Crippen LogP contribution in [0, 0.1) is 5.92 Å². The Morgan fingerprint density at radius 1 is 1.17 bits per heavy atom. The summed E-state index contributed by atoms with van der Waals surface area (Å²) in [5, 5.41) is 0. The molecule has 0 saturated heterocycles. The summed E-state index contributed by atoms with van der Waals surface area (Å²) in [7, 11) is 0. The molecule has 0 radical (unpaired) electrons. The van der Waals surface area contributed by atoms with Crippen LogP contribution in [0.2, 0.25) is 0 Å². The van der Waals surface area contributed by atoms with Crippen molar-refractivity contribution in [3.05, 3.63) is 29.8 Å². The highest BCUT2D eigenvalue weighted by atomic mass is 35.5. The Morgan fingerprint density at radius 3 is 2.50 bits per heavy atom. The third kappa shape index (κ3) is 6.30. The van der Waals surface area contributed by atoms with Crippen molar-refractivity contribution in [2.75, 3.05) is 12.5 Å². The van der Waals surface area contributed by atoms with Crippen LogP contribution >= 0.6 is 11.6 Å². The quantitative estimate of drug-likeness (QED) is 0.569. The summed E-state index contributed by atoms with van der Waals surface area (Å²) in [6.45, 7) is 5.23. The SMILES string of the molecule is CCCCc1ccc(OCCC(C)CCCl)cc1. The van der Waals surface area contributed by atoms with Gasteiger partial charge < -0.3 is 4.74 Å². The van der Waals surface area contributed by atoms with Crippen molar-refractivity contribution in [3.63, 3.8) is 0 Å². The molecule has 2 heteroatoms. The molecule has 0 aromatic heterocycles. The molecular formula is C16H25ClO. The number of benzene rings is 1. The molecule has 1 unspecified atom stereocenters. The summed E-state index contributed by atoms with van der Waals surface area (Å²) < 4.78 is 5.74. The molecular weight excluding hydrogens is 244 g/mol. The number of rotatable bonds is 9. The molecule has 0 aliphatic rings. The molecule has 1 aromatic carbocycles. The molecule has 0 amide bonds. The van der Waals surface area contributed by atoms with Gasteiger partial charge in [-0.2, -0.15) is 0 Å². The van der Waals surface area contributed by atoms with Crippen LogP contribution < -0.4 is 4.74 Å². The first-order valence-electron chi connectivity index (χ1n) is 7.04. The molecule has 0 aliphatic carbocycles. The first kappa shape index (κ1) is 15.4. The van der Waals surface area contributed by atoms with E-state index in [0.29, 0.717) is 5.92 Å². The van der Waals surface area contributed by atoms with Gasteiger partial charge in [0.15, 0.2) is 0 Å². The largest absolute Gasteiger partial charge is 0.494 e. The molecule has 1 rings (SSSR count). The molecule has 0 heterocycles. The van der Waals surface area contributed by atoms with E-state index in [1.165, 1.54) is 24.8 Å². The zero-order chi connectivity index (χ0) is 13.2. The molecule has 0 N–H and O–H groups in total. The Balaban J connectivity index is 2.26. The molecule has 0 spiro atoms. The minimum atomic E-state index is 0.645. The van der Waals surface area contributed by atoms with Gasteiger partial charge in [0, 0.05) is 5.88 Å². The summed E-state index contributed by atoms with van der Waals surface area (Å²) >= 11 is 5.71. The zero-order valence-corrected chi connectivity index (χ0v) is 12.4. The summed E-state index contributed by atoms with van der Waals surface area (Å²) in [4.78, 5) is 0. The summed E-state index contributed by atoms with van der Waals surface area (Å²) in [5.41, 5.74) is 1.40. The maximum absolute atomic E-state index is 5.74. The highest BCUT2D eigenvalue weighted by molar-refractivity contribution is 6.17. The Morgan fingerprint density at radius 2 is 1.89 bits per heavy atom. The van der Waals surface area contributed by atoms with Gasteiger partial charge in [0.05, 0.1) is 6.61 Å². The van der Waals surface area contributed by atoms with Crippen molar-refractivity contribution >= 4 is 11.6 Å². The van der Waals surface area contributed by atoms with Gasteiger partial charge >= 0.3 is 0 Å². The van der Waals surface area contributed by atoms with Crippen molar-refractivity contribution in [3.8, 4) is 5.75 Å². The predicted octanol–water partition coefficient (Wildman–Crippen LogP) is 5.06. The monoisotopic (exact) mass is 268 g/mol. The van der Waals surface area contributed by atoms with Gasteiger partial charge in [-0.3, -0.25) is 0 Å². The lowest BCUT2D eigenvalue weighted by atomic mass is 10.1. The number of halogens is 1. The summed E-state index contributed by atoms with van der Waals surface area (Å²) in [6.07, 6.45) is 5.82. The van der Waals surface area contributed by atoms with E-state index in [9.17, 15) is 0 Å². The van der Waals surface area contributed by atoms with E-state index < -0.39 is 0 Å². The van der Waals surface area contributed by atoms with Crippen LogP contribution in [0.5, 0.6) is 5.75 Å². The molecule has 102 valence electrons. The van der Waals surface area contributed by atoms with Crippen molar-refractivity contribution in [1.29, 1.82) is 0 Å². The van der Waals surface area contributed by atoms with Crippen molar-refractivity contribution in [2.45, 2.75) is 46.0 Å². The van der Waals surface area contributed by atoms with Crippen LogP contribution in [0.25, 0.3) is 0 Å². The maximum atomic E-state index is 5.74. The van der Waals surface area contributed by atoms with E-state index in [-0.39, 0.29) is 0 Å². The third-order valence-corrected chi connectivity index (χ3v) is 3.44. The lowest BCUT2D eigenvalue weighted by molar-refractivity contribution is 0.282. The van der Waals surface area contributed by atoms with Crippen LogP contribution in [-0.2, 0) is 6.42 Å². The third-order valence-electron chi connectivity index (χ3n) is 3.22. The van der Waals surface area contributed by atoms with Gasteiger partial charge in [-0.25, -0.2) is 0 Å². The average molecular weight is 269 g/mol. The molecule has 0 aliphatic heterocycles. The minimum Gasteiger partial charge on any atom is -0.494 e. The topological polar surface area (TPSA) is 9.23 Å². The van der Waals surface area contributed by atoms with Crippen LogP contribution in [0.3, 0.4) is 0 Å². The molecule has 1 atom stereocenters. The zero-order valence-electron chi connectivity index (χ0n) is 11.6. The standard InChI is InChI=1S/C16H25ClO/c1-3-4-5-15-6-8-16(9-7-15)18-13-11-14(2)10-12-17/h6-9,14H,3-5,10-13H2,1-2H3. The van der Waals surface area contributed by atoms with Crippen LogP contribution in [0.1, 0.15) is 45.1 Å². The minimum absolute atomic E-state index is 0.645. The normalized spacial score (nSPS) is 12.4. The Labute approximate surface area is 116 Å². The van der Waals surface area contributed by atoms with Crippen molar-refractivity contribution in [2.24, 2.45) is 5.92 Å². The number of alkyl halides is 1. The van der Waals surface area contributed by atoms with E-state index in [2.05, 4.69) is 38.1 Å². The van der Waals surface area contributed by atoms with Gasteiger partial charge in [-0.1, -0.05) is 32.4 Å². The molecule has 1 aromatic rings. The average Bonchev–Trinajstić information content (AvgIpc) is 2.38.